The number of sulfonamides is 1. The first-order valence-electron chi connectivity index (χ1n) is 6.40. The fraction of sp³-hybridized carbons (Fsp3) is 0.538. The van der Waals surface area contributed by atoms with Crippen molar-refractivity contribution in [1.29, 1.82) is 0 Å². The Kier molecular flexibility index (Phi) is 4.51. The summed E-state index contributed by atoms with van der Waals surface area (Å²) in [7, 11) is -3.97. The third kappa shape index (κ3) is 2.89. The van der Waals surface area contributed by atoms with Crippen molar-refractivity contribution in [2.24, 2.45) is 5.92 Å². The van der Waals surface area contributed by atoms with Gasteiger partial charge in [0, 0.05) is 23.1 Å². The molecule has 7 heteroatoms. The van der Waals surface area contributed by atoms with Crippen molar-refractivity contribution in [2.45, 2.75) is 37.6 Å². The average molecular weight is 368 g/mol. The first-order chi connectivity index (χ1) is 9.23. The summed E-state index contributed by atoms with van der Waals surface area (Å²) in [5, 5.41) is 0. The van der Waals surface area contributed by atoms with Crippen molar-refractivity contribution in [2.75, 3.05) is 6.54 Å². The van der Waals surface area contributed by atoms with Crippen LogP contribution in [0.25, 0.3) is 0 Å². The minimum absolute atomic E-state index is 0.0826. The molecule has 0 aromatic heterocycles. The van der Waals surface area contributed by atoms with Gasteiger partial charge in [-0.15, -0.1) is 0 Å². The fourth-order valence-corrected chi connectivity index (χ4v) is 5.41. The normalized spacial score (nSPS) is 24.9. The number of hydrogen-bond donors (Lipinski definition) is 0. The van der Waals surface area contributed by atoms with E-state index in [9.17, 15) is 17.2 Å². The van der Waals surface area contributed by atoms with E-state index in [-0.39, 0.29) is 10.5 Å². The van der Waals surface area contributed by atoms with Crippen LogP contribution < -0.4 is 0 Å². The summed E-state index contributed by atoms with van der Waals surface area (Å²) in [6.45, 7) is 4.23. The van der Waals surface area contributed by atoms with E-state index < -0.39 is 26.6 Å². The van der Waals surface area contributed by atoms with E-state index in [1.807, 2.05) is 6.92 Å². The zero-order chi connectivity index (χ0) is 15.1. The Hall–Kier alpha value is -0.530. The smallest absolute Gasteiger partial charge is 0.207 e. The topological polar surface area (TPSA) is 37.4 Å². The summed E-state index contributed by atoms with van der Waals surface area (Å²) in [6, 6.07) is 1.36. The highest BCUT2D eigenvalue weighted by atomic mass is 79.9. The van der Waals surface area contributed by atoms with Crippen LogP contribution in [0.15, 0.2) is 21.5 Å². The molecule has 0 saturated carbocycles. The van der Waals surface area contributed by atoms with E-state index in [0.717, 1.165) is 18.9 Å². The molecule has 0 amide bonds. The van der Waals surface area contributed by atoms with Crippen LogP contribution in [-0.2, 0) is 10.0 Å². The van der Waals surface area contributed by atoms with Crippen LogP contribution in [0.1, 0.15) is 26.7 Å². The molecule has 1 aliphatic heterocycles. The van der Waals surface area contributed by atoms with Crippen molar-refractivity contribution < 1.29 is 17.2 Å². The van der Waals surface area contributed by atoms with Gasteiger partial charge in [0.1, 0.15) is 16.5 Å². The van der Waals surface area contributed by atoms with Crippen molar-refractivity contribution in [1.82, 2.24) is 4.31 Å². The third-order valence-electron chi connectivity index (χ3n) is 3.61. The van der Waals surface area contributed by atoms with Crippen molar-refractivity contribution >= 4 is 26.0 Å². The molecular weight excluding hydrogens is 352 g/mol. The molecule has 1 saturated heterocycles. The second-order valence-electron chi connectivity index (χ2n) is 5.29. The molecule has 112 valence electrons. The first kappa shape index (κ1) is 15.9. The molecule has 3 nitrogen and oxygen atoms in total. The standard InChI is InChI=1S/C13H16BrF2NO2S/c1-8-3-4-17(9(2)5-8)20(18,19)13-11(14)6-10(15)7-12(13)16/h6-9H,3-5H2,1-2H3. The Morgan fingerprint density at radius 2 is 1.95 bits per heavy atom. The van der Waals surface area contributed by atoms with Crippen molar-refractivity contribution in [3.8, 4) is 0 Å². The van der Waals surface area contributed by atoms with Crippen molar-refractivity contribution in [3.05, 3.63) is 28.2 Å². The lowest BCUT2D eigenvalue weighted by molar-refractivity contribution is 0.219. The monoisotopic (exact) mass is 367 g/mol. The molecule has 1 aliphatic rings. The maximum Gasteiger partial charge on any atom is 0.247 e. The van der Waals surface area contributed by atoms with Crippen LogP contribution in [0.4, 0.5) is 8.78 Å². The molecule has 20 heavy (non-hydrogen) atoms. The van der Waals surface area contributed by atoms with Gasteiger partial charge in [0.15, 0.2) is 0 Å². The zero-order valence-corrected chi connectivity index (χ0v) is 13.6. The maximum absolute atomic E-state index is 13.9. The highest BCUT2D eigenvalue weighted by Crippen LogP contribution is 2.33. The third-order valence-corrected chi connectivity index (χ3v) is 6.59. The molecule has 1 aromatic rings. The predicted octanol–water partition coefficient (Wildman–Crippen LogP) is 3.54. The van der Waals surface area contributed by atoms with Gasteiger partial charge in [-0.25, -0.2) is 17.2 Å². The molecule has 2 atom stereocenters. The van der Waals surface area contributed by atoms with Gasteiger partial charge in [-0.05, 0) is 47.7 Å². The van der Waals surface area contributed by atoms with E-state index in [1.165, 1.54) is 4.31 Å². The lowest BCUT2D eigenvalue weighted by Crippen LogP contribution is -2.44. The van der Waals surface area contributed by atoms with Crippen LogP contribution in [0.3, 0.4) is 0 Å². The summed E-state index contributed by atoms with van der Waals surface area (Å²) >= 11 is 2.95. The number of hydrogen-bond acceptors (Lipinski definition) is 2. The summed E-state index contributed by atoms with van der Waals surface area (Å²) in [5.74, 6) is -1.44. The number of nitrogens with zero attached hydrogens (tertiary/aromatic N) is 1. The Labute approximate surface area is 126 Å². The van der Waals surface area contributed by atoms with E-state index in [0.29, 0.717) is 18.5 Å². The van der Waals surface area contributed by atoms with Gasteiger partial charge in [-0.3, -0.25) is 0 Å². The van der Waals surface area contributed by atoms with E-state index in [4.69, 9.17) is 0 Å². The minimum Gasteiger partial charge on any atom is -0.207 e. The minimum atomic E-state index is -3.97. The predicted molar refractivity (Wildman–Crippen MR) is 75.8 cm³/mol. The van der Waals surface area contributed by atoms with Crippen LogP contribution >= 0.6 is 15.9 Å². The summed E-state index contributed by atoms with van der Waals surface area (Å²) in [5.41, 5.74) is 0. The Bertz CT molecular complexity index is 598. The molecule has 0 spiro atoms. The summed E-state index contributed by atoms with van der Waals surface area (Å²) < 4.78 is 53.4. The molecule has 2 rings (SSSR count). The number of piperidine rings is 1. The average Bonchev–Trinajstić information content (AvgIpc) is 2.25. The largest absolute Gasteiger partial charge is 0.247 e. The van der Waals surface area contributed by atoms with Gasteiger partial charge < -0.3 is 0 Å². The number of rotatable bonds is 2. The number of halogens is 3. The highest BCUT2D eigenvalue weighted by Gasteiger charge is 2.36. The van der Waals surface area contributed by atoms with Crippen molar-refractivity contribution in [3.63, 3.8) is 0 Å². The molecule has 0 bridgehead atoms. The summed E-state index contributed by atoms with van der Waals surface area (Å²) in [4.78, 5) is -0.486. The highest BCUT2D eigenvalue weighted by molar-refractivity contribution is 9.10. The molecule has 1 fully saturated rings. The first-order valence-corrected chi connectivity index (χ1v) is 8.63. The van der Waals surface area contributed by atoms with Gasteiger partial charge in [-0.2, -0.15) is 4.31 Å². The lowest BCUT2D eigenvalue weighted by Gasteiger charge is -2.35. The molecule has 1 heterocycles. The second kappa shape index (κ2) is 5.69. The summed E-state index contributed by atoms with van der Waals surface area (Å²) in [6.07, 6.45) is 1.48. The Morgan fingerprint density at radius 3 is 2.50 bits per heavy atom. The lowest BCUT2D eigenvalue weighted by atomic mass is 9.95. The Balaban J connectivity index is 2.46. The molecule has 1 aromatic carbocycles. The quantitative estimate of drug-likeness (QED) is 0.801. The molecule has 0 aliphatic carbocycles. The molecule has 2 unspecified atom stereocenters. The Morgan fingerprint density at radius 1 is 1.30 bits per heavy atom. The van der Waals surface area contributed by atoms with Crippen LogP contribution in [0.5, 0.6) is 0 Å². The van der Waals surface area contributed by atoms with E-state index >= 15 is 0 Å². The van der Waals surface area contributed by atoms with Gasteiger partial charge in [0.2, 0.25) is 10.0 Å². The van der Waals surface area contributed by atoms with E-state index in [2.05, 4.69) is 22.9 Å². The van der Waals surface area contributed by atoms with Gasteiger partial charge in [-0.1, -0.05) is 6.92 Å². The number of benzene rings is 1. The van der Waals surface area contributed by atoms with Gasteiger partial charge in [0.05, 0.1) is 0 Å². The second-order valence-corrected chi connectivity index (χ2v) is 7.97. The fourth-order valence-electron chi connectivity index (χ4n) is 2.64. The van der Waals surface area contributed by atoms with Crippen LogP contribution in [0.2, 0.25) is 0 Å². The van der Waals surface area contributed by atoms with E-state index in [1.54, 1.807) is 0 Å². The van der Waals surface area contributed by atoms with Crippen LogP contribution in [0, 0.1) is 17.6 Å². The van der Waals surface area contributed by atoms with Crippen LogP contribution in [-0.4, -0.2) is 25.3 Å². The van der Waals surface area contributed by atoms with Gasteiger partial charge in [0.25, 0.3) is 0 Å². The molecule has 0 N–H and O–H groups in total. The zero-order valence-electron chi connectivity index (χ0n) is 11.2. The maximum atomic E-state index is 13.9. The molecule has 0 radical (unpaired) electrons. The van der Waals surface area contributed by atoms with Gasteiger partial charge >= 0.3 is 0 Å². The SMILES string of the molecule is CC1CCN(S(=O)(=O)c2c(F)cc(F)cc2Br)C(C)C1. The molecular formula is C13H16BrF2NO2S.